The molecule has 5 nitrogen and oxygen atoms in total. The number of rotatable bonds is 6. The first kappa shape index (κ1) is 15.6. The third-order valence-corrected chi connectivity index (χ3v) is 4.31. The summed E-state index contributed by atoms with van der Waals surface area (Å²) in [6, 6.07) is 3.86. The van der Waals surface area contributed by atoms with Gasteiger partial charge >= 0.3 is 5.97 Å². The Hall–Kier alpha value is -2.27. The van der Waals surface area contributed by atoms with Crippen molar-refractivity contribution in [2.45, 2.75) is 19.3 Å². The van der Waals surface area contributed by atoms with Crippen molar-refractivity contribution in [2.24, 2.45) is 5.92 Å². The summed E-state index contributed by atoms with van der Waals surface area (Å²) >= 11 is 0. The summed E-state index contributed by atoms with van der Waals surface area (Å²) in [6.07, 6.45) is 11.5. The monoisotopic (exact) mass is 315 g/mol. The second-order valence-corrected chi connectivity index (χ2v) is 5.91. The van der Waals surface area contributed by atoms with Crippen molar-refractivity contribution in [1.82, 2.24) is 4.90 Å². The van der Waals surface area contributed by atoms with Crippen LogP contribution in [-0.4, -0.2) is 35.6 Å². The fraction of sp³-hybridized carbons (Fsp3) is 0.389. The summed E-state index contributed by atoms with van der Waals surface area (Å²) < 4.78 is 10.4. The normalized spacial score (nSPS) is 18.7. The van der Waals surface area contributed by atoms with Gasteiger partial charge < -0.3 is 18.8 Å². The highest BCUT2D eigenvalue weighted by molar-refractivity contribution is 5.78. The zero-order valence-electron chi connectivity index (χ0n) is 13.0. The second kappa shape index (κ2) is 7.33. The fourth-order valence-corrected chi connectivity index (χ4v) is 3.09. The van der Waals surface area contributed by atoms with Gasteiger partial charge in [0.2, 0.25) is 0 Å². The Morgan fingerprint density at radius 2 is 1.96 bits per heavy atom. The molecule has 5 heteroatoms. The molecule has 0 saturated carbocycles. The molecular weight excluding hydrogens is 294 g/mol. The SMILES string of the molecule is O=C(O)C1CCCN(CCC=C(c2ccoc2)c2ccoc2)C1. The van der Waals surface area contributed by atoms with E-state index in [1.54, 1.807) is 25.1 Å². The molecule has 3 heterocycles. The number of carboxylic acid groups (broad SMARTS) is 1. The summed E-state index contributed by atoms with van der Waals surface area (Å²) in [5.41, 5.74) is 3.13. The smallest absolute Gasteiger partial charge is 0.307 e. The zero-order chi connectivity index (χ0) is 16.1. The van der Waals surface area contributed by atoms with E-state index in [1.165, 1.54) is 0 Å². The van der Waals surface area contributed by atoms with Gasteiger partial charge in [0, 0.05) is 24.2 Å². The van der Waals surface area contributed by atoms with Gasteiger partial charge in [-0.1, -0.05) is 6.08 Å². The van der Waals surface area contributed by atoms with E-state index in [4.69, 9.17) is 13.9 Å². The lowest BCUT2D eigenvalue weighted by Crippen LogP contribution is -2.39. The van der Waals surface area contributed by atoms with E-state index in [9.17, 15) is 4.79 Å². The highest BCUT2D eigenvalue weighted by Crippen LogP contribution is 2.25. The second-order valence-electron chi connectivity index (χ2n) is 5.91. The van der Waals surface area contributed by atoms with Crippen molar-refractivity contribution in [2.75, 3.05) is 19.6 Å². The number of hydrogen-bond donors (Lipinski definition) is 1. The highest BCUT2D eigenvalue weighted by atomic mass is 16.4. The van der Waals surface area contributed by atoms with Crippen LogP contribution in [0.1, 0.15) is 30.4 Å². The Morgan fingerprint density at radius 3 is 2.52 bits per heavy atom. The zero-order valence-corrected chi connectivity index (χ0v) is 13.0. The summed E-state index contributed by atoms with van der Waals surface area (Å²) in [5.74, 6) is -0.905. The third kappa shape index (κ3) is 3.93. The van der Waals surface area contributed by atoms with Gasteiger partial charge in [0.05, 0.1) is 31.0 Å². The number of aliphatic carboxylic acids is 1. The predicted molar refractivity (Wildman–Crippen MR) is 85.9 cm³/mol. The van der Waals surface area contributed by atoms with Crippen LogP contribution >= 0.6 is 0 Å². The summed E-state index contributed by atoms with van der Waals surface area (Å²) in [5, 5.41) is 9.16. The lowest BCUT2D eigenvalue weighted by Gasteiger charge is -2.30. The Bertz CT molecular complexity index is 606. The van der Waals surface area contributed by atoms with Crippen molar-refractivity contribution < 1.29 is 18.7 Å². The number of nitrogens with zero attached hydrogens (tertiary/aromatic N) is 1. The molecule has 1 fully saturated rings. The molecule has 1 N–H and O–H groups in total. The molecule has 1 atom stereocenters. The minimum Gasteiger partial charge on any atom is -0.481 e. The Labute approximate surface area is 135 Å². The quantitative estimate of drug-likeness (QED) is 0.884. The minimum atomic E-state index is -0.678. The lowest BCUT2D eigenvalue weighted by molar-refractivity contribution is -0.143. The number of likely N-dealkylation sites (tertiary alicyclic amines) is 1. The number of furan rings is 2. The van der Waals surface area contributed by atoms with Crippen LogP contribution in [0.3, 0.4) is 0 Å². The molecule has 2 aromatic heterocycles. The lowest BCUT2D eigenvalue weighted by atomic mass is 9.98. The van der Waals surface area contributed by atoms with Gasteiger partial charge in [-0.3, -0.25) is 4.79 Å². The highest BCUT2D eigenvalue weighted by Gasteiger charge is 2.24. The molecule has 1 aliphatic rings. The molecule has 1 unspecified atom stereocenters. The average molecular weight is 315 g/mol. The molecule has 0 aromatic carbocycles. The van der Waals surface area contributed by atoms with Gasteiger partial charge in [-0.05, 0) is 43.5 Å². The van der Waals surface area contributed by atoms with Gasteiger partial charge in [-0.25, -0.2) is 0 Å². The van der Waals surface area contributed by atoms with E-state index in [0.717, 1.165) is 49.1 Å². The predicted octanol–water partition coefficient (Wildman–Crippen LogP) is 3.49. The van der Waals surface area contributed by atoms with E-state index in [-0.39, 0.29) is 5.92 Å². The fourth-order valence-electron chi connectivity index (χ4n) is 3.09. The summed E-state index contributed by atoms with van der Waals surface area (Å²) in [4.78, 5) is 13.4. The third-order valence-electron chi connectivity index (χ3n) is 4.31. The van der Waals surface area contributed by atoms with Crippen LogP contribution in [0.5, 0.6) is 0 Å². The standard InChI is InChI=1S/C18H21NO4/c20-18(21)14-3-1-7-19(11-14)8-2-4-17(15-5-9-22-12-15)16-6-10-23-13-16/h4-6,9-10,12-14H,1-3,7-8,11H2,(H,20,21). The average Bonchev–Trinajstić information content (AvgIpc) is 3.25. The van der Waals surface area contributed by atoms with Crippen LogP contribution < -0.4 is 0 Å². The van der Waals surface area contributed by atoms with Crippen molar-refractivity contribution in [3.8, 4) is 0 Å². The molecule has 0 radical (unpaired) electrons. The van der Waals surface area contributed by atoms with Crippen LogP contribution in [0.2, 0.25) is 0 Å². The maximum absolute atomic E-state index is 11.1. The van der Waals surface area contributed by atoms with Crippen LogP contribution in [-0.2, 0) is 4.79 Å². The van der Waals surface area contributed by atoms with Crippen LogP contribution in [0.4, 0.5) is 0 Å². The van der Waals surface area contributed by atoms with E-state index in [2.05, 4.69) is 11.0 Å². The van der Waals surface area contributed by atoms with Crippen LogP contribution in [0, 0.1) is 5.92 Å². The molecule has 3 rings (SSSR count). The number of hydrogen-bond acceptors (Lipinski definition) is 4. The maximum atomic E-state index is 11.1. The van der Waals surface area contributed by atoms with Crippen molar-refractivity contribution in [3.05, 3.63) is 54.4 Å². The number of carboxylic acids is 1. The van der Waals surface area contributed by atoms with E-state index in [1.807, 2.05) is 12.1 Å². The van der Waals surface area contributed by atoms with Gasteiger partial charge in [0.25, 0.3) is 0 Å². The molecule has 1 aliphatic heterocycles. The van der Waals surface area contributed by atoms with Crippen molar-refractivity contribution >= 4 is 11.5 Å². The van der Waals surface area contributed by atoms with Gasteiger partial charge in [-0.2, -0.15) is 0 Å². The molecule has 0 amide bonds. The Morgan fingerprint density at radius 1 is 1.26 bits per heavy atom. The molecular formula is C18H21NO4. The number of carbonyl (C=O) groups is 1. The van der Waals surface area contributed by atoms with Gasteiger partial charge in [-0.15, -0.1) is 0 Å². The Kier molecular flexibility index (Phi) is 4.98. The van der Waals surface area contributed by atoms with Crippen molar-refractivity contribution in [3.63, 3.8) is 0 Å². The maximum Gasteiger partial charge on any atom is 0.307 e. The summed E-state index contributed by atoms with van der Waals surface area (Å²) in [7, 11) is 0. The summed E-state index contributed by atoms with van der Waals surface area (Å²) in [6.45, 7) is 2.49. The van der Waals surface area contributed by atoms with E-state index < -0.39 is 5.97 Å². The molecule has 0 aliphatic carbocycles. The largest absolute Gasteiger partial charge is 0.481 e. The molecule has 2 aromatic rings. The van der Waals surface area contributed by atoms with Gasteiger partial charge in [0.1, 0.15) is 0 Å². The van der Waals surface area contributed by atoms with Gasteiger partial charge in [0.15, 0.2) is 0 Å². The van der Waals surface area contributed by atoms with Crippen molar-refractivity contribution in [1.29, 1.82) is 0 Å². The minimum absolute atomic E-state index is 0.227. The molecule has 23 heavy (non-hydrogen) atoms. The first-order valence-corrected chi connectivity index (χ1v) is 7.94. The van der Waals surface area contributed by atoms with Crippen LogP contribution in [0.15, 0.2) is 52.1 Å². The number of piperidine rings is 1. The molecule has 0 spiro atoms. The topological polar surface area (TPSA) is 66.8 Å². The molecule has 122 valence electrons. The molecule has 1 saturated heterocycles. The Balaban J connectivity index is 1.64. The molecule has 0 bridgehead atoms. The van der Waals surface area contributed by atoms with Crippen LogP contribution in [0.25, 0.3) is 5.57 Å². The first-order chi connectivity index (χ1) is 11.2. The van der Waals surface area contributed by atoms with E-state index >= 15 is 0 Å². The first-order valence-electron chi connectivity index (χ1n) is 7.94. The van der Waals surface area contributed by atoms with E-state index in [0.29, 0.717) is 6.54 Å².